The highest BCUT2D eigenvalue weighted by molar-refractivity contribution is 5.95. The fraction of sp³-hybridized carbons (Fsp3) is 0.480. The Morgan fingerprint density at radius 1 is 1.03 bits per heavy atom. The molecule has 4 nitrogen and oxygen atoms in total. The Morgan fingerprint density at radius 3 is 2.38 bits per heavy atom. The molecule has 2 aromatic carbocycles. The Kier molecular flexibility index (Phi) is 9.12. The van der Waals surface area contributed by atoms with E-state index in [2.05, 4.69) is 15.5 Å². The van der Waals surface area contributed by atoms with E-state index in [9.17, 15) is 26.7 Å². The van der Waals surface area contributed by atoms with E-state index in [4.69, 9.17) is 0 Å². The molecule has 34 heavy (non-hydrogen) atoms. The zero-order valence-corrected chi connectivity index (χ0v) is 18.9. The molecule has 0 aliphatic carbocycles. The van der Waals surface area contributed by atoms with Crippen LogP contribution in [0.5, 0.6) is 0 Å². The van der Waals surface area contributed by atoms with Gasteiger partial charge in [0, 0.05) is 31.7 Å². The average molecular weight is 484 g/mol. The van der Waals surface area contributed by atoms with Crippen molar-refractivity contribution in [1.82, 2.24) is 0 Å². The van der Waals surface area contributed by atoms with Crippen LogP contribution in [0.1, 0.15) is 49.7 Å². The highest BCUT2D eigenvalue weighted by Crippen LogP contribution is 2.33. The molecule has 1 amide bonds. The Hall–Kier alpha value is -2.84. The van der Waals surface area contributed by atoms with E-state index in [0.29, 0.717) is 25.1 Å². The molecule has 9 heteroatoms. The van der Waals surface area contributed by atoms with Crippen molar-refractivity contribution in [3.05, 3.63) is 53.6 Å². The van der Waals surface area contributed by atoms with Gasteiger partial charge in [-0.15, -0.1) is 0 Å². The minimum absolute atomic E-state index is 0.113. The van der Waals surface area contributed by atoms with Crippen molar-refractivity contribution in [1.29, 1.82) is 0 Å². The molecule has 1 heterocycles. The summed E-state index contributed by atoms with van der Waals surface area (Å²) in [7, 11) is 0. The first-order chi connectivity index (χ1) is 16.3. The van der Waals surface area contributed by atoms with Crippen LogP contribution in [-0.4, -0.2) is 31.8 Å². The second-order valence-corrected chi connectivity index (χ2v) is 8.52. The average Bonchev–Trinajstić information content (AvgIpc) is 3.35. The summed E-state index contributed by atoms with van der Waals surface area (Å²) in [5.74, 6) is -0.179. The molecular weight excluding hydrogens is 453 g/mol. The van der Waals surface area contributed by atoms with Gasteiger partial charge in [-0.1, -0.05) is 12.1 Å². The van der Waals surface area contributed by atoms with Gasteiger partial charge in [-0.05, 0) is 68.0 Å². The zero-order valence-electron chi connectivity index (χ0n) is 18.9. The summed E-state index contributed by atoms with van der Waals surface area (Å²) < 4.78 is 63.4. The molecule has 186 valence electrons. The highest BCUT2D eigenvalue weighted by atomic mass is 19.4. The molecular formula is C25H30F5N3O. The van der Waals surface area contributed by atoms with E-state index in [0.717, 1.165) is 55.0 Å². The molecule has 1 atom stereocenters. The van der Waals surface area contributed by atoms with Crippen LogP contribution in [-0.2, 0) is 17.5 Å². The minimum Gasteiger partial charge on any atom is -0.381 e. The van der Waals surface area contributed by atoms with E-state index < -0.39 is 24.6 Å². The van der Waals surface area contributed by atoms with Gasteiger partial charge in [0.15, 0.2) is 0 Å². The second kappa shape index (κ2) is 12.0. The topological polar surface area (TPSA) is 44.4 Å². The number of amides is 1. The van der Waals surface area contributed by atoms with Crippen molar-refractivity contribution in [2.75, 3.05) is 35.3 Å². The van der Waals surface area contributed by atoms with E-state index in [1.807, 2.05) is 12.1 Å². The van der Waals surface area contributed by atoms with Crippen LogP contribution in [0.15, 0.2) is 42.5 Å². The fourth-order valence-corrected chi connectivity index (χ4v) is 3.92. The molecule has 1 aliphatic heterocycles. The van der Waals surface area contributed by atoms with Crippen LogP contribution in [0.25, 0.3) is 0 Å². The number of nitrogens with one attached hydrogen (secondary N) is 2. The summed E-state index contributed by atoms with van der Waals surface area (Å²) in [6.07, 6.45) is -2.45. The first-order valence-electron chi connectivity index (χ1n) is 11.5. The number of benzene rings is 2. The lowest BCUT2D eigenvalue weighted by Gasteiger charge is -2.23. The van der Waals surface area contributed by atoms with Crippen molar-refractivity contribution in [3.8, 4) is 0 Å². The van der Waals surface area contributed by atoms with Crippen molar-refractivity contribution in [2.24, 2.45) is 0 Å². The molecule has 0 bridgehead atoms. The maximum atomic E-state index is 13.0. The highest BCUT2D eigenvalue weighted by Gasteiger charge is 2.29. The first kappa shape index (κ1) is 25.8. The van der Waals surface area contributed by atoms with Crippen LogP contribution in [0.4, 0.5) is 39.0 Å². The molecule has 1 saturated heterocycles. The normalized spacial score (nSPS) is 14.8. The fourth-order valence-electron chi connectivity index (χ4n) is 3.92. The van der Waals surface area contributed by atoms with Crippen LogP contribution in [0, 0.1) is 0 Å². The lowest BCUT2D eigenvalue weighted by atomic mass is 10.1. The molecule has 2 N–H and O–H groups in total. The monoisotopic (exact) mass is 483 g/mol. The van der Waals surface area contributed by atoms with Gasteiger partial charge in [-0.3, -0.25) is 4.79 Å². The summed E-state index contributed by atoms with van der Waals surface area (Å²) in [5.41, 5.74) is 2.39. The Morgan fingerprint density at radius 2 is 1.74 bits per heavy atom. The first-order valence-corrected chi connectivity index (χ1v) is 11.5. The van der Waals surface area contributed by atoms with Gasteiger partial charge in [-0.2, -0.15) is 13.2 Å². The molecule has 1 aliphatic rings. The molecule has 0 unspecified atom stereocenters. The van der Waals surface area contributed by atoms with Gasteiger partial charge >= 0.3 is 6.18 Å². The van der Waals surface area contributed by atoms with E-state index in [1.165, 1.54) is 12.1 Å². The summed E-state index contributed by atoms with van der Waals surface area (Å²) in [5, 5.41) is 6.16. The summed E-state index contributed by atoms with van der Waals surface area (Å²) in [6.45, 7) is 1.10. The third-order valence-electron chi connectivity index (χ3n) is 5.84. The Balaban J connectivity index is 1.61. The lowest BCUT2D eigenvalue weighted by Crippen LogP contribution is -2.21. The zero-order chi connectivity index (χ0) is 24.6. The standard InChI is InChI=1S/C25H30F5N3O/c26-16-20(27)5-1-2-6-24(34)32-22-12-11-21(15-23(22)33-13-3-4-14-33)31-17-18-7-9-19(10-8-18)25(28,29)30/h7-12,15,20,31H,1-6,13-14,16-17H2,(H,32,34)/t20-/m1/s1. The molecule has 1 fully saturated rings. The number of carbonyl (C=O) groups excluding carboxylic acids is 1. The molecule has 0 spiro atoms. The third kappa shape index (κ3) is 7.60. The summed E-state index contributed by atoms with van der Waals surface area (Å²) in [6, 6.07) is 10.6. The summed E-state index contributed by atoms with van der Waals surface area (Å²) in [4.78, 5) is 14.6. The number of alkyl halides is 5. The largest absolute Gasteiger partial charge is 0.416 e. The predicted molar refractivity (Wildman–Crippen MR) is 125 cm³/mol. The van der Waals surface area contributed by atoms with Crippen molar-refractivity contribution in [2.45, 2.75) is 57.4 Å². The summed E-state index contributed by atoms with van der Waals surface area (Å²) >= 11 is 0. The van der Waals surface area contributed by atoms with Crippen LogP contribution in [0.3, 0.4) is 0 Å². The molecule has 0 aromatic heterocycles. The quantitative estimate of drug-likeness (QED) is 0.275. The lowest BCUT2D eigenvalue weighted by molar-refractivity contribution is -0.137. The SMILES string of the molecule is O=C(CCCC[C@@H](F)CF)Nc1ccc(NCc2ccc(C(F)(F)F)cc2)cc1N1CCCC1. The van der Waals surface area contributed by atoms with Gasteiger partial charge in [0.25, 0.3) is 0 Å². The molecule has 0 radical (unpaired) electrons. The number of hydrogen-bond donors (Lipinski definition) is 2. The Labute approximate surface area is 196 Å². The van der Waals surface area contributed by atoms with Crippen molar-refractivity contribution >= 4 is 23.0 Å². The maximum absolute atomic E-state index is 13.0. The number of halogens is 5. The van der Waals surface area contributed by atoms with Crippen molar-refractivity contribution < 1.29 is 26.7 Å². The van der Waals surface area contributed by atoms with Crippen molar-refractivity contribution in [3.63, 3.8) is 0 Å². The number of nitrogens with zero attached hydrogens (tertiary/aromatic N) is 1. The van der Waals surface area contributed by atoms with Gasteiger partial charge in [0.05, 0.1) is 16.9 Å². The van der Waals surface area contributed by atoms with Gasteiger partial charge in [0.1, 0.15) is 12.8 Å². The number of hydrogen-bond acceptors (Lipinski definition) is 3. The van der Waals surface area contributed by atoms with E-state index in [-0.39, 0.29) is 18.7 Å². The van der Waals surface area contributed by atoms with Gasteiger partial charge in [0.2, 0.25) is 5.91 Å². The van der Waals surface area contributed by atoms with Crippen LogP contribution >= 0.6 is 0 Å². The third-order valence-corrected chi connectivity index (χ3v) is 5.84. The van der Waals surface area contributed by atoms with E-state index in [1.54, 1.807) is 6.07 Å². The number of rotatable bonds is 11. The van der Waals surface area contributed by atoms with Crippen LogP contribution in [0.2, 0.25) is 0 Å². The Bertz CT molecular complexity index is 927. The maximum Gasteiger partial charge on any atom is 0.416 e. The number of anilines is 3. The second-order valence-electron chi connectivity index (χ2n) is 8.52. The van der Waals surface area contributed by atoms with E-state index >= 15 is 0 Å². The molecule has 3 rings (SSSR count). The minimum atomic E-state index is -4.36. The van der Waals surface area contributed by atoms with Gasteiger partial charge < -0.3 is 15.5 Å². The number of carbonyl (C=O) groups is 1. The van der Waals surface area contributed by atoms with Crippen LogP contribution < -0.4 is 15.5 Å². The molecule has 0 saturated carbocycles. The predicted octanol–water partition coefficient (Wildman–Crippen LogP) is 6.72. The smallest absolute Gasteiger partial charge is 0.381 e. The van der Waals surface area contributed by atoms with Gasteiger partial charge in [-0.25, -0.2) is 8.78 Å². The number of unbranched alkanes of at least 4 members (excludes halogenated alkanes) is 1. The molecule has 2 aromatic rings.